The predicted molar refractivity (Wildman–Crippen MR) is 108 cm³/mol. The Balaban J connectivity index is 2.08. The van der Waals surface area contributed by atoms with Gasteiger partial charge in [-0.15, -0.1) is 0 Å². The molecule has 29 heavy (non-hydrogen) atoms. The molecule has 0 saturated carbocycles. The topological polar surface area (TPSA) is 95.1 Å². The third kappa shape index (κ3) is 4.37. The maximum absolute atomic E-state index is 12.4. The van der Waals surface area contributed by atoms with Gasteiger partial charge in [-0.3, -0.25) is 10.6 Å². The van der Waals surface area contributed by atoms with Gasteiger partial charge in [-0.25, -0.2) is 9.59 Å². The van der Waals surface area contributed by atoms with Crippen LogP contribution >= 0.6 is 0 Å². The van der Waals surface area contributed by atoms with Gasteiger partial charge in [-0.05, 0) is 32.9 Å². The van der Waals surface area contributed by atoms with Crippen LogP contribution in [0.2, 0.25) is 0 Å². The highest BCUT2D eigenvalue weighted by Crippen LogP contribution is 2.44. The Kier molecular flexibility index (Phi) is 5.54. The minimum atomic E-state index is -0.783. The highest BCUT2D eigenvalue weighted by atomic mass is 16.6. The third-order valence-electron chi connectivity index (χ3n) is 4.20. The van der Waals surface area contributed by atoms with Crippen molar-refractivity contribution in [3.05, 3.63) is 47.5 Å². The molecule has 2 aromatic rings. The summed E-state index contributed by atoms with van der Waals surface area (Å²) in [4.78, 5) is 24.6. The van der Waals surface area contributed by atoms with E-state index in [0.29, 0.717) is 34.0 Å². The van der Waals surface area contributed by atoms with Gasteiger partial charge in [0.25, 0.3) is 0 Å². The minimum Gasteiger partial charge on any atom is -0.495 e. The first-order chi connectivity index (χ1) is 13.7. The van der Waals surface area contributed by atoms with Crippen LogP contribution in [-0.2, 0) is 9.47 Å². The van der Waals surface area contributed by atoms with Gasteiger partial charge < -0.3 is 18.9 Å². The first-order valence-electron chi connectivity index (χ1n) is 9.05. The van der Waals surface area contributed by atoms with Crippen LogP contribution in [0.4, 0.5) is 21.0 Å². The molecule has 8 nitrogen and oxygen atoms in total. The van der Waals surface area contributed by atoms with E-state index in [1.165, 1.54) is 14.2 Å². The number of cyclic esters (lactones) is 1. The van der Waals surface area contributed by atoms with Crippen molar-refractivity contribution in [1.82, 2.24) is 0 Å². The largest absolute Gasteiger partial charge is 0.495 e. The van der Waals surface area contributed by atoms with E-state index in [9.17, 15) is 9.59 Å². The van der Waals surface area contributed by atoms with Crippen molar-refractivity contribution in [1.29, 1.82) is 0 Å². The summed E-state index contributed by atoms with van der Waals surface area (Å²) < 4.78 is 21.7. The summed E-state index contributed by atoms with van der Waals surface area (Å²) in [6.45, 7) is 5.31. The SMILES string of the molecule is COc1cccc2c1NC(=O)OC2c1cccc(OC)c1NC(=O)OC(C)(C)C. The van der Waals surface area contributed by atoms with Crippen LogP contribution in [0.15, 0.2) is 36.4 Å². The Labute approximate surface area is 169 Å². The summed E-state index contributed by atoms with van der Waals surface area (Å²) in [6, 6.07) is 10.6. The zero-order valence-corrected chi connectivity index (χ0v) is 17.0. The molecule has 2 N–H and O–H groups in total. The molecule has 2 aromatic carbocycles. The van der Waals surface area contributed by atoms with Crippen molar-refractivity contribution >= 4 is 23.6 Å². The van der Waals surface area contributed by atoms with E-state index in [-0.39, 0.29) is 0 Å². The lowest BCUT2D eigenvalue weighted by atomic mass is 9.96. The summed E-state index contributed by atoms with van der Waals surface area (Å²) in [7, 11) is 3.01. The van der Waals surface area contributed by atoms with Gasteiger partial charge in [0.1, 0.15) is 17.1 Å². The van der Waals surface area contributed by atoms with Crippen LogP contribution in [0.3, 0.4) is 0 Å². The van der Waals surface area contributed by atoms with Crippen LogP contribution in [-0.4, -0.2) is 32.0 Å². The number of para-hydroxylation sites is 2. The van der Waals surface area contributed by atoms with E-state index in [4.69, 9.17) is 18.9 Å². The van der Waals surface area contributed by atoms with Gasteiger partial charge in [-0.1, -0.05) is 24.3 Å². The van der Waals surface area contributed by atoms with E-state index in [0.717, 1.165) is 0 Å². The third-order valence-corrected chi connectivity index (χ3v) is 4.20. The zero-order chi connectivity index (χ0) is 21.2. The molecular formula is C21H24N2O6. The van der Waals surface area contributed by atoms with Crippen LogP contribution in [0.1, 0.15) is 38.0 Å². The van der Waals surface area contributed by atoms with Crippen molar-refractivity contribution < 1.29 is 28.5 Å². The van der Waals surface area contributed by atoms with Gasteiger partial charge >= 0.3 is 12.2 Å². The molecule has 0 aromatic heterocycles. The van der Waals surface area contributed by atoms with E-state index < -0.39 is 23.9 Å². The van der Waals surface area contributed by atoms with Crippen LogP contribution < -0.4 is 20.1 Å². The van der Waals surface area contributed by atoms with Crippen molar-refractivity contribution in [3.8, 4) is 11.5 Å². The highest BCUT2D eigenvalue weighted by molar-refractivity contribution is 5.93. The number of methoxy groups -OCH3 is 2. The van der Waals surface area contributed by atoms with Crippen molar-refractivity contribution in [2.75, 3.05) is 24.9 Å². The number of hydrogen-bond donors (Lipinski definition) is 2. The summed E-state index contributed by atoms with van der Waals surface area (Å²) in [5, 5.41) is 5.40. The number of ether oxygens (including phenoxy) is 4. The average molecular weight is 400 g/mol. The number of benzene rings is 2. The lowest BCUT2D eigenvalue weighted by Gasteiger charge is -2.29. The molecule has 154 valence electrons. The van der Waals surface area contributed by atoms with Crippen molar-refractivity contribution in [2.45, 2.75) is 32.5 Å². The quantitative estimate of drug-likeness (QED) is 0.772. The van der Waals surface area contributed by atoms with Gasteiger partial charge in [0.2, 0.25) is 0 Å². The molecule has 0 radical (unpaired) electrons. The van der Waals surface area contributed by atoms with Crippen molar-refractivity contribution in [3.63, 3.8) is 0 Å². The van der Waals surface area contributed by atoms with E-state index in [1.807, 2.05) is 6.07 Å². The average Bonchev–Trinajstić information content (AvgIpc) is 2.65. The zero-order valence-electron chi connectivity index (χ0n) is 17.0. The number of amides is 2. The Morgan fingerprint density at radius 1 is 1.03 bits per heavy atom. The fourth-order valence-corrected chi connectivity index (χ4v) is 3.08. The number of rotatable bonds is 4. The molecule has 3 rings (SSSR count). The Bertz CT molecular complexity index is 935. The van der Waals surface area contributed by atoms with Crippen LogP contribution in [0.25, 0.3) is 0 Å². The van der Waals surface area contributed by atoms with Gasteiger partial charge in [0.15, 0.2) is 6.10 Å². The molecule has 1 aliphatic rings. The number of nitrogens with one attached hydrogen (secondary N) is 2. The molecule has 1 heterocycles. The van der Waals surface area contributed by atoms with Crippen molar-refractivity contribution in [2.24, 2.45) is 0 Å². The van der Waals surface area contributed by atoms with E-state index >= 15 is 0 Å². The van der Waals surface area contributed by atoms with Crippen LogP contribution in [0.5, 0.6) is 11.5 Å². The molecule has 1 atom stereocenters. The standard InChI is InChI=1S/C21H24N2O6/c1-21(2,3)29-20(25)23-17-13(9-7-11-15(17)27-5)18-12-8-6-10-14(26-4)16(12)22-19(24)28-18/h6-11,18H,1-5H3,(H,22,24)(H,23,25). The normalized spacial score (nSPS) is 15.5. The maximum Gasteiger partial charge on any atom is 0.412 e. The maximum atomic E-state index is 12.4. The minimum absolute atomic E-state index is 0.359. The molecule has 1 unspecified atom stereocenters. The fraction of sp³-hybridized carbons (Fsp3) is 0.333. The molecule has 0 bridgehead atoms. The molecular weight excluding hydrogens is 376 g/mol. The Morgan fingerprint density at radius 2 is 1.66 bits per heavy atom. The number of carbonyl (C=O) groups excluding carboxylic acids is 2. The van der Waals surface area contributed by atoms with Gasteiger partial charge in [-0.2, -0.15) is 0 Å². The number of fused-ring (bicyclic) bond motifs is 1. The first kappa shape index (κ1) is 20.3. The second-order valence-electron chi connectivity index (χ2n) is 7.39. The lowest BCUT2D eigenvalue weighted by Crippen LogP contribution is -2.29. The molecule has 1 aliphatic heterocycles. The number of anilines is 2. The molecule has 0 aliphatic carbocycles. The van der Waals surface area contributed by atoms with Gasteiger partial charge in [0, 0.05) is 11.1 Å². The van der Waals surface area contributed by atoms with E-state index in [2.05, 4.69) is 10.6 Å². The summed E-state index contributed by atoms with van der Waals surface area (Å²) >= 11 is 0. The van der Waals surface area contributed by atoms with Gasteiger partial charge in [0.05, 0.1) is 25.6 Å². The second-order valence-corrected chi connectivity index (χ2v) is 7.39. The Morgan fingerprint density at radius 3 is 2.28 bits per heavy atom. The summed E-state index contributed by atoms with van der Waals surface area (Å²) in [5.74, 6) is 0.918. The number of carbonyl (C=O) groups is 2. The lowest BCUT2D eigenvalue weighted by molar-refractivity contribution is 0.0635. The fourth-order valence-electron chi connectivity index (χ4n) is 3.08. The highest BCUT2D eigenvalue weighted by Gasteiger charge is 2.33. The van der Waals surface area contributed by atoms with E-state index in [1.54, 1.807) is 51.1 Å². The molecule has 8 heteroatoms. The van der Waals surface area contributed by atoms with Crippen LogP contribution in [0, 0.1) is 0 Å². The Hall–Kier alpha value is -3.42. The first-order valence-corrected chi connectivity index (χ1v) is 9.05. The smallest absolute Gasteiger partial charge is 0.412 e. The molecule has 2 amide bonds. The summed E-state index contributed by atoms with van der Waals surface area (Å²) in [6.07, 6.45) is -2.05. The molecule has 0 spiro atoms. The second kappa shape index (κ2) is 7.90. The summed E-state index contributed by atoms with van der Waals surface area (Å²) in [5.41, 5.74) is 1.43. The predicted octanol–water partition coefficient (Wildman–Crippen LogP) is 4.70. The molecule has 0 fully saturated rings. The number of hydrogen-bond acceptors (Lipinski definition) is 6. The monoisotopic (exact) mass is 400 g/mol. The molecule has 0 saturated heterocycles.